The van der Waals surface area contributed by atoms with Crippen LogP contribution in [0, 0.1) is 5.92 Å². The number of rotatable bonds is 3. The maximum Gasteiger partial charge on any atom is 0.248 e. The first-order valence-corrected chi connectivity index (χ1v) is 9.13. The summed E-state index contributed by atoms with van der Waals surface area (Å²) in [6.07, 6.45) is 6.10. The highest BCUT2D eigenvalue weighted by Gasteiger charge is 2.36. The molecule has 0 radical (unpaired) electrons. The number of aromatic nitrogens is 3. The molecular formula is C17H26F2N4. The fourth-order valence-corrected chi connectivity index (χ4v) is 4.55. The van der Waals surface area contributed by atoms with Crippen molar-refractivity contribution >= 4 is 0 Å². The molecule has 4 nitrogen and oxygen atoms in total. The first-order valence-electron chi connectivity index (χ1n) is 9.13. The van der Waals surface area contributed by atoms with Crippen LogP contribution < -0.4 is 0 Å². The largest absolute Gasteiger partial charge is 0.315 e. The van der Waals surface area contributed by atoms with Crippen LogP contribution in [0.4, 0.5) is 8.78 Å². The molecule has 1 atom stereocenters. The van der Waals surface area contributed by atoms with Gasteiger partial charge in [0.2, 0.25) is 5.92 Å². The summed E-state index contributed by atoms with van der Waals surface area (Å²) >= 11 is 0. The van der Waals surface area contributed by atoms with E-state index in [0.29, 0.717) is 24.7 Å². The first-order chi connectivity index (χ1) is 11.1. The number of piperidine rings is 1. The molecule has 2 aliphatic heterocycles. The molecule has 1 aromatic heterocycles. The van der Waals surface area contributed by atoms with Crippen LogP contribution in [0.2, 0.25) is 0 Å². The van der Waals surface area contributed by atoms with E-state index in [2.05, 4.69) is 19.7 Å². The van der Waals surface area contributed by atoms with E-state index in [-0.39, 0.29) is 12.8 Å². The molecule has 0 spiro atoms. The van der Waals surface area contributed by atoms with Crippen LogP contribution in [0.5, 0.6) is 0 Å². The highest BCUT2D eigenvalue weighted by Crippen LogP contribution is 2.37. The minimum Gasteiger partial charge on any atom is -0.315 e. The molecule has 3 aliphatic rings. The topological polar surface area (TPSA) is 34.0 Å². The van der Waals surface area contributed by atoms with E-state index < -0.39 is 5.92 Å². The minimum atomic E-state index is -2.41. The summed E-state index contributed by atoms with van der Waals surface area (Å²) in [5.74, 6) is 0.804. The fraction of sp³-hybridized carbons (Fsp3) is 0.882. The Labute approximate surface area is 136 Å². The molecule has 1 saturated heterocycles. The SMILES string of the molecule is FC1(F)CCC(CN2CCCC(c3nnc4n3CCC4)C2)CC1. The van der Waals surface area contributed by atoms with E-state index in [4.69, 9.17) is 0 Å². The standard InChI is InChI=1S/C17H26F2N4/c18-17(19)7-5-13(6-8-17)11-22-9-1-3-14(12-22)16-21-20-15-4-2-10-23(15)16/h13-14H,1-12H2. The molecule has 0 amide bonds. The number of likely N-dealkylation sites (tertiary alicyclic amines) is 1. The zero-order chi connectivity index (χ0) is 15.9. The molecule has 1 unspecified atom stereocenters. The van der Waals surface area contributed by atoms with Gasteiger partial charge in [-0.25, -0.2) is 8.78 Å². The van der Waals surface area contributed by atoms with Gasteiger partial charge in [-0.3, -0.25) is 0 Å². The monoisotopic (exact) mass is 324 g/mol. The van der Waals surface area contributed by atoms with Gasteiger partial charge in [0.1, 0.15) is 11.6 Å². The predicted molar refractivity (Wildman–Crippen MR) is 83.7 cm³/mol. The summed E-state index contributed by atoms with van der Waals surface area (Å²) in [4.78, 5) is 2.49. The summed E-state index contributed by atoms with van der Waals surface area (Å²) in [5, 5.41) is 8.79. The maximum atomic E-state index is 13.3. The van der Waals surface area contributed by atoms with Gasteiger partial charge < -0.3 is 9.47 Å². The number of hydrogen-bond donors (Lipinski definition) is 0. The predicted octanol–water partition coefficient (Wildman–Crippen LogP) is 3.23. The van der Waals surface area contributed by atoms with Crippen molar-refractivity contribution in [1.29, 1.82) is 0 Å². The van der Waals surface area contributed by atoms with E-state index >= 15 is 0 Å². The fourth-order valence-electron chi connectivity index (χ4n) is 4.55. The Morgan fingerprint density at radius 3 is 2.70 bits per heavy atom. The average Bonchev–Trinajstić information content (AvgIpc) is 3.13. The zero-order valence-electron chi connectivity index (χ0n) is 13.7. The van der Waals surface area contributed by atoms with Crippen molar-refractivity contribution in [3.05, 3.63) is 11.6 Å². The van der Waals surface area contributed by atoms with Crippen LogP contribution in [0.25, 0.3) is 0 Å². The van der Waals surface area contributed by atoms with Gasteiger partial charge in [0, 0.05) is 44.8 Å². The quantitative estimate of drug-likeness (QED) is 0.856. The van der Waals surface area contributed by atoms with Crippen LogP contribution in [-0.2, 0) is 13.0 Å². The molecular weight excluding hydrogens is 298 g/mol. The van der Waals surface area contributed by atoms with E-state index in [1.165, 1.54) is 19.3 Å². The molecule has 2 fully saturated rings. The van der Waals surface area contributed by atoms with Crippen molar-refractivity contribution in [1.82, 2.24) is 19.7 Å². The van der Waals surface area contributed by atoms with Crippen molar-refractivity contribution in [3.8, 4) is 0 Å². The van der Waals surface area contributed by atoms with Gasteiger partial charge in [0.05, 0.1) is 0 Å². The van der Waals surface area contributed by atoms with Crippen LogP contribution in [-0.4, -0.2) is 45.2 Å². The summed E-state index contributed by atoms with van der Waals surface area (Å²) in [6, 6.07) is 0. The highest BCUT2D eigenvalue weighted by atomic mass is 19.3. The Hall–Kier alpha value is -1.04. The number of aryl methyl sites for hydroxylation is 1. The Balaban J connectivity index is 1.36. The third kappa shape index (κ3) is 3.28. The van der Waals surface area contributed by atoms with Gasteiger partial charge in [-0.05, 0) is 44.6 Å². The van der Waals surface area contributed by atoms with Gasteiger partial charge >= 0.3 is 0 Å². The molecule has 1 aromatic rings. The number of halogens is 2. The lowest BCUT2D eigenvalue weighted by atomic mass is 9.85. The summed E-state index contributed by atoms with van der Waals surface area (Å²) in [5.41, 5.74) is 0. The lowest BCUT2D eigenvalue weighted by molar-refractivity contribution is -0.0495. The lowest BCUT2D eigenvalue weighted by Gasteiger charge is -2.36. The Morgan fingerprint density at radius 1 is 1.04 bits per heavy atom. The number of hydrogen-bond acceptors (Lipinski definition) is 3. The molecule has 3 heterocycles. The molecule has 6 heteroatoms. The molecule has 1 saturated carbocycles. The second-order valence-corrected chi connectivity index (χ2v) is 7.63. The van der Waals surface area contributed by atoms with E-state index in [1.807, 2.05) is 0 Å². The van der Waals surface area contributed by atoms with Gasteiger partial charge in [0.25, 0.3) is 0 Å². The van der Waals surface area contributed by atoms with Crippen molar-refractivity contribution in [2.75, 3.05) is 19.6 Å². The maximum absolute atomic E-state index is 13.3. The molecule has 0 bridgehead atoms. The first kappa shape index (κ1) is 15.5. The summed E-state index contributed by atoms with van der Waals surface area (Å²) < 4.78 is 28.9. The Kier molecular flexibility index (Phi) is 4.12. The van der Waals surface area contributed by atoms with Crippen LogP contribution in [0.1, 0.15) is 62.5 Å². The smallest absolute Gasteiger partial charge is 0.248 e. The second-order valence-electron chi connectivity index (χ2n) is 7.63. The van der Waals surface area contributed by atoms with Crippen molar-refractivity contribution in [2.45, 2.75) is 69.8 Å². The van der Waals surface area contributed by atoms with Crippen LogP contribution in [0.15, 0.2) is 0 Å². The number of nitrogens with zero attached hydrogens (tertiary/aromatic N) is 4. The Morgan fingerprint density at radius 2 is 1.87 bits per heavy atom. The highest BCUT2D eigenvalue weighted by molar-refractivity contribution is 5.07. The second kappa shape index (κ2) is 6.11. The average molecular weight is 324 g/mol. The number of alkyl halides is 2. The van der Waals surface area contributed by atoms with Crippen LogP contribution >= 0.6 is 0 Å². The van der Waals surface area contributed by atoms with Crippen molar-refractivity contribution in [2.24, 2.45) is 5.92 Å². The normalized spacial score (nSPS) is 28.9. The van der Waals surface area contributed by atoms with Crippen molar-refractivity contribution < 1.29 is 8.78 Å². The van der Waals surface area contributed by atoms with Gasteiger partial charge in [-0.15, -0.1) is 10.2 Å². The zero-order valence-corrected chi connectivity index (χ0v) is 13.7. The van der Waals surface area contributed by atoms with Crippen molar-refractivity contribution in [3.63, 3.8) is 0 Å². The molecule has 0 aromatic carbocycles. The Bertz CT molecular complexity index is 547. The van der Waals surface area contributed by atoms with Gasteiger partial charge in [-0.1, -0.05) is 0 Å². The third-order valence-corrected chi connectivity index (χ3v) is 5.86. The van der Waals surface area contributed by atoms with Gasteiger partial charge in [-0.2, -0.15) is 0 Å². The number of fused-ring (bicyclic) bond motifs is 1. The molecule has 1 aliphatic carbocycles. The third-order valence-electron chi connectivity index (χ3n) is 5.86. The molecule has 23 heavy (non-hydrogen) atoms. The summed E-state index contributed by atoms with van der Waals surface area (Å²) in [6.45, 7) is 4.16. The molecule has 0 N–H and O–H groups in total. The van der Waals surface area contributed by atoms with E-state index in [9.17, 15) is 8.78 Å². The van der Waals surface area contributed by atoms with E-state index in [1.54, 1.807) is 0 Å². The lowest BCUT2D eigenvalue weighted by Crippen LogP contribution is -2.40. The molecule has 4 rings (SSSR count). The van der Waals surface area contributed by atoms with Gasteiger partial charge in [0.15, 0.2) is 0 Å². The van der Waals surface area contributed by atoms with Crippen LogP contribution in [0.3, 0.4) is 0 Å². The minimum absolute atomic E-state index is 0.0760. The summed E-state index contributed by atoms with van der Waals surface area (Å²) in [7, 11) is 0. The molecule has 128 valence electrons. The van der Waals surface area contributed by atoms with E-state index in [0.717, 1.165) is 44.2 Å².